The highest BCUT2D eigenvalue weighted by atomic mass is 35.5. The summed E-state index contributed by atoms with van der Waals surface area (Å²) in [7, 11) is 1.91. The maximum absolute atomic E-state index is 6.12. The Morgan fingerprint density at radius 3 is 2.53 bits per heavy atom. The summed E-state index contributed by atoms with van der Waals surface area (Å²) in [5.41, 5.74) is 1.91. The Morgan fingerprint density at radius 2 is 1.88 bits per heavy atom. The van der Waals surface area contributed by atoms with Crippen molar-refractivity contribution < 1.29 is 0 Å². The van der Waals surface area contributed by atoms with E-state index in [1.54, 1.807) is 0 Å². The number of hydrogen-bond acceptors (Lipinski definition) is 3. The summed E-state index contributed by atoms with van der Waals surface area (Å²) in [6.45, 7) is 0.880. The van der Waals surface area contributed by atoms with E-state index in [4.69, 9.17) is 11.6 Å². The van der Waals surface area contributed by atoms with Gasteiger partial charge in [-0.2, -0.15) is 0 Å². The van der Waals surface area contributed by atoms with Gasteiger partial charge in [0.05, 0.1) is 0 Å². The van der Waals surface area contributed by atoms with Gasteiger partial charge in [0.25, 0.3) is 0 Å². The molecule has 0 bridgehead atoms. The number of nitrogens with zero attached hydrogens (tertiary/aromatic N) is 2. The Labute approximate surface area is 106 Å². The fourth-order valence-corrected chi connectivity index (χ4v) is 1.80. The molecular formula is C13H14ClN3. The van der Waals surface area contributed by atoms with Crippen molar-refractivity contribution >= 4 is 11.6 Å². The summed E-state index contributed by atoms with van der Waals surface area (Å²) < 4.78 is 0. The average Bonchev–Trinajstić information content (AvgIpc) is 2.38. The van der Waals surface area contributed by atoms with Crippen molar-refractivity contribution in [3.63, 3.8) is 0 Å². The summed E-state index contributed by atoms with van der Waals surface area (Å²) in [5.74, 6) is 0.843. The van der Waals surface area contributed by atoms with Crippen LogP contribution in [-0.2, 0) is 6.42 Å². The highest BCUT2D eigenvalue weighted by Gasteiger charge is 2.03. The van der Waals surface area contributed by atoms with Gasteiger partial charge in [0.15, 0.2) is 0 Å². The predicted molar refractivity (Wildman–Crippen MR) is 70.1 cm³/mol. The third-order valence-corrected chi connectivity index (χ3v) is 2.82. The van der Waals surface area contributed by atoms with Crippen molar-refractivity contribution in [2.75, 3.05) is 13.6 Å². The quantitative estimate of drug-likeness (QED) is 0.902. The molecule has 4 heteroatoms. The smallest absolute Gasteiger partial charge is 0.129 e. The fourth-order valence-electron chi connectivity index (χ4n) is 1.56. The van der Waals surface area contributed by atoms with Crippen LogP contribution in [0, 0.1) is 0 Å². The van der Waals surface area contributed by atoms with Crippen molar-refractivity contribution in [2.24, 2.45) is 0 Å². The van der Waals surface area contributed by atoms with E-state index >= 15 is 0 Å². The molecule has 3 nitrogen and oxygen atoms in total. The minimum atomic E-state index is 0.721. The van der Waals surface area contributed by atoms with Crippen molar-refractivity contribution in [1.29, 1.82) is 0 Å². The van der Waals surface area contributed by atoms with Gasteiger partial charge in [-0.15, -0.1) is 0 Å². The lowest BCUT2D eigenvalue weighted by Crippen LogP contribution is -2.12. The van der Waals surface area contributed by atoms with Gasteiger partial charge in [-0.3, -0.25) is 0 Å². The van der Waals surface area contributed by atoms with Crippen LogP contribution in [0.4, 0.5) is 0 Å². The maximum Gasteiger partial charge on any atom is 0.129 e. The first-order chi connectivity index (χ1) is 8.31. The van der Waals surface area contributed by atoms with E-state index < -0.39 is 0 Å². The van der Waals surface area contributed by atoms with Crippen LogP contribution in [0.5, 0.6) is 0 Å². The molecule has 0 amide bonds. The molecule has 0 radical (unpaired) electrons. The van der Waals surface area contributed by atoms with E-state index in [9.17, 15) is 0 Å². The molecule has 1 N–H and O–H groups in total. The first-order valence-electron chi connectivity index (χ1n) is 5.51. The molecule has 1 aromatic carbocycles. The SMILES string of the molecule is CNCCc1ncc(-c2ccccc2Cl)cn1. The van der Waals surface area contributed by atoms with Gasteiger partial charge in [-0.25, -0.2) is 9.97 Å². The lowest BCUT2D eigenvalue weighted by Gasteiger charge is -2.04. The number of hydrogen-bond donors (Lipinski definition) is 1. The largest absolute Gasteiger partial charge is 0.319 e. The van der Waals surface area contributed by atoms with E-state index in [1.165, 1.54) is 0 Å². The monoisotopic (exact) mass is 247 g/mol. The van der Waals surface area contributed by atoms with Crippen molar-refractivity contribution in [2.45, 2.75) is 6.42 Å². The average molecular weight is 248 g/mol. The van der Waals surface area contributed by atoms with Crippen LogP contribution in [0.1, 0.15) is 5.82 Å². The molecule has 2 rings (SSSR count). The lowest BCUT2D eigenvalue weighted by molar-refractivity contribution is 0.755. The third-order valence-electron chi connectivity index (χ3n) is 2.49. The van der Waals surface area contributed by atoms with Gasteiger partial charge in [0, 0.05) is 41.5 Å². The second-order valence-electron chi connectivity index (χ2n) is 3.72. The molecule has 0 saturated carbocycles. The van der Waals surface area contributed by atoms with Crippen LogP contribution in [0.2, 0.25) is 5.02 Å². The first-order valence-corrected chi connectivity index (χ1v) is 5.89. The molecule has 0 atom stereocenters. The van der Waals surface area contributed by atoms with E-state index in [0.29, 0.717) is 0 Å². The third kappa shape index (κ3) is 3.02. The van der Waals surface area contributed by atoms with E-state index in [-0.39, 0.29) is 0 Å². The number of likely N-dealkylation sites (N-methyl/N-ethyl adjacent to an activating group) is 1. The summed E-state index contributed by atoms with van der Waals surface area (Å²) in [6.07, 6.45) is 4.47. The number of aromatic nitrogens is 2. The molecule has 0 saturated heterocycles. The molecule has 2 aromatic rings. The van der Waals surface area contributed by atoms with Crippen LogP contribution < -0.4 is 5.32 Å². The van der Waals surface area contributed by atoms with Gasteiger partial charge >= 0.3 is 0 Å². The van der Waals surface area contributed by atoms with Gasteiger partial charge in [-0.1, -0.05) is 29.8 Å². The van der Waals surface area contributed by atoms with Gasteiger partial charge in [-0.05, 0) is 13.1 Å². The maximum atomic E-state index is 6.12. The van der Waals surface area contributed by atoms with Crippen molar-refractivity contribution in [1.82, 2.24) is 15.3 Å². The van der Waals surface area contributed by atoms with Crippen LogP contribution >= 0.6 is 11.6 Å². The number of nitrogens with one attached hydrogen (secondary N) is 1. The molecule has 0 aliphatic rings. The highest BCUT2D eigenvalue weighted by molar-refractivity contribution is 6.33. The molecule has 1 heterocycles. The molecular weight excluding hydrogens is 234 g/mol. The summed E-state index contributed by atoms with van der Waals surface area (Å²) in [5, 5.41) is 3.79. The van der Waals surface area contributed by atoms with E-state index in [0.717, 1.165) is 34.9 Å². The number of benzene rings is 1. The molecule has 88 valence electrons. The summed E-state index contributed by atoms with van der Waals surface area (Å²) in [4.78, 5) is 8.65. The Kier molecular flexibility index (Phi) is 4.07. The molecule has 0 aliphatic heterocycles. The second-order valence-corrected chi connectivity index (χ2v) is 4.13. The minimum absolute atomic E-state index is 0.721. The Hall–Kier alpha value is -1.45. The Bertz CT molecular complexity index is 482. The fraction of sp³-hybridized carbons (Fsp3) is 0.231. The number of rotatable bonds is 4. The normalized spacial score (nSPS) is 10.5. The zero-order valence-electron chi connectivity index (χ0n) is 9.65. The van der Waals surface area contributed by atoms with Crippen LogP contribution in [-0.4, -0.2) is 23.6 Å². The number of halogens is 1. The summed E-state index contributed by atoms with van der Waals surface area (Å²) in [6, 6.07) is 7.70. The topological polar surface area (TPSA) is 37.8 Å². The summed E-state index contributed by atoms with van der Waals surface area (Å²) >= 11 is 6.12. The van der Waals surface area contributed by atoms with Gasteiger partial charge < -0.3 is 5.32 Å². The standard InChI is InChI=1S/C13H14ClN3/c1-15-7-6-13-16-8-10(9-17-13)11-4-2-3-5-12(11)14/h2-5,8-9,15H,6-7H2,1H3. The molecule has 0 spiro atoms. The second kappa shape index (κ2) is 5.75. The van der Waals surface area contributed by atoms with Crippen molar-refractivity contribution in [3.05, 3.63) is 47.5 Å². The van der Waals surface area contributed by atoms with Gasteiger partial charge in [0.2, 0.25) is 0 Å². The zero-order valence-corrected chi connectivity index (χ0v) is 10.4. The molecule has 0 unspecified atom stereocenters. The predicted octanol–water partition coefficient (Wildman–Crippen LogP) is 2.56. The zero-order chi connectivity index (χ0) is 12.1. The van der Waals surface area contributed by atoms with E-state index in [1.807, 2.05) is 43.7 Å². The Balaban J connectivity index is 2.21. The van der Waals surface area contributed by atoms with Crippen LogP contribution in [0.3, 0.4) is 0 Å². The van der Waals surface area contributed by atoms with Crippen molar-refractivity contribution in [3.8, 4) is 11.1 Å². The highest BCUT2D eigenvalue weighted by Crippen LogP contribution is 2.26. The Morgan fingerprint density at radius 1 is 1.18 bits per heavy atom. The van der Waals surface area contributed by atoms with E-state index in [2.05, 4.69) is 15.3 Å². The minimum Gasteiger partial charge on any atom is -0.319 e. The lowest BCUT2D eigenvalue weighted by atomic mass is 10.1. The molecule has 1 aromatic heterocycles. The van der Waals surface area contributed by atoms with Crippen LogP contribution in [0.15, 0.2) is 36.7 Å². The molecule has 0 aliphatic carbocycles. The molecule has 0 fully saturated rings. The van der Waals surface area contributed by atoms with Crippen LogP contribution in [0.25, 0.3) is 11.1 Å². The van der Waals surface area contributed by atoms with Gasteiger partial charge in [0.1, 0.15) is 5.82 Å². The first kappa shape index (κ1) is 12.0. The molecule has 17 heavy (non-hydrogen) atoms.